The Morgan fingerprint density at radius 3 is 0.972 bits per heavy atom. The van der Waals surface area contributed by atoms with E-state index in [1.165, 1.54) is 22.9 Å². The second kappa shape index (κ2) is 11.4. The van der Waals surface area contributed by atoms with Crippen molar-refractivity contribution in [3.8, 4) is 0 Å². The van der Waals surface area contributed by atoms with E-state index in [-0.39, 0.29) is 0 Å². The highest BCUT2D eigenvalue weighted by Crippen LogP contribution is 2.21. The lowest BCUT2D eigenvalue weighted by Crippen LogP contribution is -2.00. The van der Waals surface area contributed by atoms with Crippen molar-refractivity contribution < 1.29 is 28.7 Å². The number of rotatable bonds is 2. The lowest BCUT2D eigenvalue weighted by Gasteiger charge is -1.96. The van der Waals surface area contributed by atoms with Gasteiger partial charge in [-0.25, -0.2) is 19.2 Å². The van der Waals surface area contributed by atoms with Crippen molar-refractivity contribution in [1.29, 1.82) is 0 Å². The Labute approximate surface area is 207 Å². The zero-order chi connectivity index (χ0) is 25.3. The number of carbonyl (C=O) groups is 4. The summed E-state index contributed by atoms with van der Waals surface area (Å²) in [6, 6.07) is 34.6. The maximum Gasteiger partial charge on any atom is 0.346 e. The first kappa shape index (κ1) is 24.0. The molecule has 0 aliphatic carbocycles. The molecule has 6 heteroatoms. The molecule has 2 aliphatic heterocycles. The second-order valence-electron chi connectivity index (χ2n) is 7.61. The van der Waals surface area contributed by atoms with Gasteiger partial charge in [-0.2, -0.15) is 0 Å². The Hall–Kier alpha value is -5.10. The van der Waals surface area contributed by atoms with E-state index in [1.54, 1.807) is 48.5 Å². The predicted molar refractivity (Wildman–Crippen MR) is 135 cm³/mol. The van der Waals surface area contributed by atoms with Crippen LogP contribution in [0.15, 0.2) is 121 Å². The molecule has 0 spiro atoms. The summed E-state index contributed by atoms with van der Waals surface area (Å²) in [4.78, 5) is 43.6. The fourth-order valence-corrected chi connectivity index (χ4v) is 3.48. The summed E-state index contributed by atoms with van der Waals surface area (Å²) < 4.78 is 8.72. The number of fused-ring (bicyclic) bond motifs is 1. The van der Waals surface area contributed by atoms with Gasteiger partial charge in [0.2, 0.25) is 0 Å². The minimum Gasteiger partial charge on any atom is -0.386 e. The van der Waals surface area contributed by atoms with Crippen LogP contribution in [-0.2, 0) is 28.7 Å². The van der Waals surface area contributed by atoms with E-state index in [9.17, 15) is 19.2 Å². The van der Waals surface area contributed by atoms with Crippen LogP contribution in [0, 0.1) is 0 Å². The van der Waals surface area contributed by atoms with E-state index in [4.69, 9.17) is 0 Å². The van der Waals surface area contributed by atoms with Crippen molar-refractivity contribution in [3.05, 3.63) is 132 Å². The van der Waals surface area contributed by atoms with Crippen LogP contribution < -0.4 is 0 Å². The molecular weight excluding hydrogens is 456 g/mol. The molecule has 176 valence electrons. The summed E-state index contributed by atoms with van der Waals surface area (Å²) >= 11 is 0. The predicted octanol–water partition coefficient (Wildman–Crippen LogP) is 5.15. The number of hydrogen-bond donors (Lipinski definition) is 0. The lowest BCUT2D eigenvalue weighted by atomic mass is 10.1. The first-order chi connectivity index (χ1) is 17.5. The van der Waals surface area contributed by atoms with E-state index in [0.29, 0.717) is 22.3 Å². The molecule has 0 amide bonds. The normalized spacial score (nSPS) is 14.0. The molecule has 0 fully saturated rings. The Morgan fingerprint density at radius 1 is 0.389 bits per heavy atom. The quantitative estimate of drug-likeness (QED) is 0.294. The van der Waals surface area contributed by atoms with Crippen LogP contribution in [0.1, 0.15) is 11.1 Å². The molecule has 0 unspecified atom stereocenters. The standard InChI is InChI=1S/2C10H6O3.C10H8/c2*11-9-6-8(10(12)13-9)7-4-2-1-3-5-7;1-2-6-10-8-4-3-7-9(10)5-1/h2*1-6H;1-8H. The van der Waals surface area contributed by atoms with Crippen LogP contribution >= 0.6 is 0 Å². The molecular formula is C30H20O6. The lowest BCUT2D eigenvalue weighted by molar-refractivity contribution is -0.151. The minimum atomic E-state index is -0.594. The van der Waals surface area contributed by atoms with Gasteiger partial charge < -0.3 is 9.47 Å². The topological polar surface area (TPSA) is 86.7 Å². The highest BCUT2D eigenvalue weighted by atomic mass is 16.6. The molecule has 2 heterocycles. The molecule has 4 aromatic carbocycles. The van der Waals surface area contributed by atoms with Crippen molar-refractivity contribution >= 4 is 45.8 Å². The first-order valence-electron chi connectivity index (χ1n) is 11.0. The number of ether oxygens (including phenoxy) is 2. The average molecular weight is 476 g/mol. The van der Waals surface area contributed by atoms with Gasteiger partial charge in [-0.05, 0) is 21.9 Å². The molecule has 0 saturated heterocycles. The van der Waals surface area contributed by atoms with Gasteiger partial charge in [-0.1, -0.05) is 109 Å². The maximum absolute atomic E-state index is 11.1. The van der Waals surface area contributed by atoms with E-state index in [2.05, 4.69) is 58.0 Å². The summed E-state index contributed by atoms with van der Waals surface area (Å²) in [7, 11) is 0. The Balaban J connectivity index is 0.000000128. The van der Waals surface area contributed by atoms with Crippen LogP contribution in [0.4, 0.5) is 0 Å². The van der Waals surface area contributed by atoms with Gasteiger partial charge in [-0.3, -0.25) is 0 Å². The average Bonchev–Trinajstić information content (AvgIpc) is 3.44. The number of benzene rings is 4. The molecule has 4 aromatic rings. The van der Waals surface area contributed by atoms with Crippen molar-refractivity contribution in [2.75, 3.05) is 0 Å². The fraction of sp³-hybridized carbons (Fsp3) is 0. The van der Waals surface area contributed by atoms with Crippen LogP contribution in [0.25, 0.3) is 21.9 Å². The molecule has 0 atom stereocenters. The van der Waals surface area contributed by atoms with E-state index < -0.39 is 23.9 Å². The van der Waals surface area contributed by atoms with Crippen LogP contribution in [0.3, 0.4) is 0 Å². The molecule has 0 saturated carbocycles. The van der Waals surface area contributed by atoms with Gasteiger partial charge in [0, 0.05) is 12.2 Å². The largest absolute Gasteiger partial charge is 0.386 e. The van der Waals surface area contributed by atoms with Gasteiger partial charge in [0.25, 0.3) is 0 Å². The molecule has 0 aromatic heterocycles. The summed E-state index contributed by atoms with van der Waals surface area (Å²) in [5.41, 5.74) is 2.06. The number of carbonyl (C=O) groups excluding carboxylic acids is 4. The highest BCUT2D eigenvalue weighted by Gasteiger charge is 2.25. The first-order valence-corrected chi connectivity index (χ1v) is 11.0. The molecule has 0 N–H and O–H groups in total. The SMILES string of the molecule is O=C1C=C(c2ccccc2)C(=O)O1.O=C1C=C(c2ccccc2)C(=O)O1.c1ccc2ccccc2c1. The fourth-order valence-electron chi connectivity index (χ4n) is 3.48. The third kappa shape index (κ3) is 6.07. The highest BCUT2D eigenvalue weighted by molar-refractivity contribution is 6.28. The van der Waals surface area contributed by atoms with Crippen molar-refractivity contribution in [2.24, 2.45) is 0 Å². The molecule has 0 radical (unpaired) electrons. The van der Waals surface area contributed by atoms with Crippen LogP contribution in [0.5, 0.6) is 0 Å². The van der Waals surface area contributed by atoms with Gasteiger partial charge in [-0.15, -0.1) is 0 Å². The maximum atomic E-state index is 11.1. The second-order valence-corrected chi connectivity index (χ2v) is 7.61. The summed E-state index contributed by atoms with van der Waals surface area (Å²) in [5.74, 6) is -2.33. The van der Waals surface area contributed by atoms with Crippen LogP contribution in [-0.4, -0.2) is 23.9 Å². The third-order valence-corrected chi connectivity index (χ3v) is 5.18. The Kier molecular flexibility index (Phi) is 7.58. The number of esters is 4. The summed E-state index contributed by atoms with van der Waals surface area (Å²) in [5, 5.41) is 2.62. The smallest absolute Gasteiger partial charge is 0.346 e. The molecule has 6 nitrogen and oxygen atoms in total. The zero-order valence-corrected chi connectivity index (χ0v) is 19.0. The molecule has 36 heavy (non-hydrogen) atoms. The molecule has 2 aliphatic rings. The zero-order valence-electron chi connectivity index (χ0n) is 19.0. The summed E-state index contributed by atoms with van der Waals surface area (Å²) in [6.07, 6.45) is 2.41. The van der Waals surface area contributed by atoms with Gasteiger partial charge in [0.05, 0.1) is 11.1 Å². The van der Waals surface area contributed by atoms with E-state index >= 15 is 0 Å². The number of cyclic esters (lactones) is 4. The van der Waals surface area contributed by atoms with E-state index in [1.807, 2.05) is 12.1 Å². The van der Waals surface area contributed by atoms with Gasteiger partial charge in [0.1, 0.15) is 0 Å². The van der Waals surface area contributed by atoms with Crippen molar-refractivity contribution in [3.63, 3.8) is 0 Å². The van der Waals surface area contributed by atoms with Crippen molar-refractivity contribution in [2.45, 2.75) is 0 Å². The third-order valence-electron chi connectivity index (χ3n) is 5.18. The minimum absolute atomic E-state index is 0.325. The summed E-state index contributed by atoms with van der Waals surface area (Å²) in [6.45, 7) is 0. The molecule has 0 bridgehead atoms. The Bertz CT molecular complexity index is 1340. The monoisotopic (exact) mass is 476 g/mol. The molecule has 6 rings (SSSR count). The van der Waals surface area contributed by atoms with E-state index in [0.717, 1.165) is 0 Å². The van der Waals surface area contributed by atoms with Crippen molar-refractivity contribution in [1.82, 2.24) is 0 Å². The Morgan fingerprint density at radius 2 is 0.694 bits per heavy atom. The van der Waals surface area contributed by atoms with Gasteiger partial charge in [0.15, 0.2) is 0 Å². The van der Waals surface area contributed by atoms with Gasteiger partial charge >= 0.3 is 23.9 Å². The van der Waals surface area contributed by atoms with Crippen LogP contribution in [0.2, 0.25) is 0 Å². The number of hydrogen-bond acceptors (Lipinski definition) is 6.